The molecule has 0 spiro atoms. The molecule has 1 aliphatic heterocycles. The van der Waals surface area contributed by atoms with Gasteiger partial charge in [0, 0.05) is 24.7 Å². The number of hydrogen-bond donors (Lipinski definition) is 1. The van der Waals surface area contributed by atoms with Crippen molar-refractivity contribution in [1.82, 2.24) is 20.1 Å². The summed E-state index contributed by atoms with van der Waals surface area (Å²) in [6, 6.07) is 1.43. The van der Waals surface area contributed by atoms with Gasteiger partial charge in [-0.25, -0.2) is 13.4 Å². The van der Waals surface area contributed by atoms with Crippen LogP contribution in [0.4, 0.5) is 0 Å². The van der Waals surface area contributed by atoms with Gasteiger partial charge in [0.15, 0.2) is 15.5 Å². The first kappa shape index (κ1) is 14.0. The smallest absolute Gasteiger partial charge is 0.253 e. The van der Waals surface area contributed by atoms with Gasteiger partial charge >= 0.3 is 0 Å². The standard InChI is InChI=1S/C13H16N4O3S/c1-8-11-5-9(6-14-12(11)17(2)16-8)13(18)15-10-3-4-21(19,20)7-10/h5-6,10H,3-4,7H2,1-2H3,(H,15,18). The largest absolute Gasteiger partial charge is 0.348 e. The van der Waals surface area contributed by atoms with Crippen LogP contribution >= 0.6 is 0 Å². The summed E-state index contributed by atoms with van der Waals surface area (Å²) in [6.07, 6.45) is 1.96. The van der Waals surface area contributed by atoms with Gasteiger partial charge in [-0.3, -0.25) is 9.48 Å². The van der Waals surface area contributed by atoms with Gasteiger partial charge in [0.05, 0.1) is 22.8 Å². The Labute approximate surface area is 122 Å². The first-order valence-corrected chi connectivity index (χ1v) is 8.48. The summed E-state index contributed by atoms with van der Waals surface area (Å²) in [7, 11) is -1.21. The van der Waals surface area contributed by atoms with Crippen LogP contribution in [0.3, 0.4) is 0 Å². The highest BCUT2D eigenvalue weighted by atomic mass is 32.2. The van der Waals surface area contributed by atoms with Crippen molar-refractivity contribution in [3.8, 4) is 0 Å². The third-order valence-electron chi connectivity index (χ3n) is 3.69. The summed E-state index contributed by atoms with van der Waals surface area (Å²) in [5, 5.41) is 7.84. The number of fused-ring (bicyclic) bond motifs is 1. The first-order chi connectivity index (χ1) is 9.85. The zero-order valence-electron chi connectivity index (χ0n) is 11.8. The zero-order valence-corrected chi connectivity index (χ0v) is 12.6. The highest BCUT2D eigenvalue weighted by molar-refractivity contribution is 7.91. The molecule has 1 unspecified atom stereocenters. The van der Waals surface area contributed by atoms with E-state index in [1.54, 1.807) is 17.8 Å². The Kier molecular flexibility index (Phi) is 3.20. The number of carbonyl (C=O) groups is 1. The Morgan fingerprint density at radius 2 is 2.24 bits per heavy atom. The Morgan fingerprint density at radius 3 is 2.90 bits per heavy atom. The van der Waals surface area contributed by atoms with Crippen LogP contribution in [0, 0.1) is 6.92 Å². The Balaban J connectivity index is 1.83. The number of amides is 1. The third-order valence-corrected chi connectivity index (χ3v) is 5.46. The molecule has 0 aromatic carbocycles. The minimum Gasteiger partial charge on any atom is -0.348 e. The first-order valence-electron chi connectivity index (χ1n) is 6.66. The molecule has 0 saturated carbocycles. The maximum atomic E-state index is 12.2. The van der Waals surface area contributed by atoms with E-state index in [9.17, 15) is 13.2 Å². The van der Waals surface area contributed by atoms with Crippen LogP contribution in [0.15, 0.2) is 12.3 Å². The highest BCUT2D eigenvalue weighted by Gasteiger charge is 2.29. The van der Waals surface area contributed by atoms with Crippen LogP contribution in [0.2, 0.25) is 0 Å². The fraction of sp³-hybridized carbons (Fsp3) is 0.462. The molecule has 1 N–H and O–H groups in total. The molecule has 0 radical (unpaired) electrons. The second-order valence-corrected chi connectivity index (χ2v) is 7.61. The van der Waals surface area contributed by atoms with E-state index >= 15 is 0 Å². The molecule has 1 amide bonds. The van der Waals surface area contributed by atoms with Crippen LogP contribution in [-0.2, 0) is 16.9 Å². The molecular weight excluding hydrogens is 292 g/mol. The van der Waals surface area contributed by atoms with E-state index < -0.39 is 9.84 Å². The maximum Gasteiger partial charge on any atom is 0.253 e. The summed E-state index contributed by atoms with van der Waals surface area (Å²) in [6.45, 7) is 1.86. The molecule has 3 rings (SSSR count). The number of nitrogens with zero attached hydrogens (tertiary/aromatic N) is 3. The Hall–Kier alpha value is -1.96. The molecule has 3 heterocycles. The number of pyridine rings is 1. The predicted molar refractivity (Wildman–Crippen MR) is 77.8 cm³/mol. The van der Waals surface area contributed by atoms with Gasteiger partial charge in [-0.05, 0) is 19.4 Å². The SMILES string of the molecule is Cc1nn(C)c2ncc(C(=O)NC3CCS(=O)(=O)C3)cc12. The fourth-order valence-corrected chi connectivity index (χ4v) is 4.28. The van der Waals surface area contributed by atoms with Crippen LogP contribution in [0.25, 0.3) is 11.0 Å². The van der Waals surface area contributed by atoms with Gasteiger partial charge in [-0.1, -0.05) is 0 Å². The minimum atomic E-state index is -3.01. The van der Waals surface area contributed by atoms with Crippen LogP contribution < -0.4 is 5.32 Å². The molecule has 21 heavy (non-hydrogen) atoms. The van der Waals surface area contributed by atoms with Crippen molar-refractivity contribution in [3.05, 3.63) is 23.5 Å². The average Bonchev–Trinajstić information content (AvgIpc) is 2.90. The van der Waals surface area contributed by atoms with E-state index in [0.717, 1.165) is 11.1 Å². The van der Waals surface area contributed by atoms with Crippen molar-refractivity contribution in [1.29, 1.82) is 0 Å². The molecule has 2 aromatic heterocycles. The quantitative estimate of drug-likeness (QED) is 0.855. The molecule has 8 heteroatoms. The van der Waals surface area contributed by atoms with Crippen molar-refractivity contribution in [2.45, 2.75) is 19.4 Å². The number of aryl methyl sites for hydroxylation is 2. The number of carbonyl (C=O) groups excluding carboxylic acids is 1. The maximum absolute atomic E-state index is 12.2. The molecule has 0 bridgehead atoms. The molecule has 0 aliphatic carbocycles. The second-order valence-electron chi connectivity index (χ2n) is 5.38. The molecule has 112 valence electrons. The number of nitrogens with one attached hydrogen (secondary N) is 1. The van der Waals surface area contributed by atoms with Gasteiger partial charge in [-0.2, -0.15) is 5.10 Å². The van der Waals surface area contributed by atoms with E-state index in [0.29, 0.717) is 17.6 Å². The second kappa shape index (κ2) is 4.80. The van der Waals surface area contributed by atoms with E-state index in [-0.39, 0.29) is 23.5 Å². The highest BCUT2D eigenvalue weighted by Crippen LogP contribution is 2.17. The fourth-order valence-electron chi connectivity index (χ4n) is 2.61. The normalized spacial score (nSPS) is 20.8. The molecule has 7 nitrogen and oxygen atoms in total. The van der Waals surface area contributed by atoms with Crippen molar-refractivity contribution >= 4 is 26.8 Å². The molecule has 2 aromatic rings. The predicted octanol–water partition coefficient (Wildman–Crippen LogP) is 0.194. The molecular formula is C13H16N4O3S. The van der Waals surface area contributed by atoms with E-state index in [1.807, 2.05) is 6.92 Å². The lowest BCUT2D eigenvalue weighted by atomic mass is 10.2. The molecule has 1 atom stereocenters. The van der Waals surface area contributed by atoms with E-state index in [4.69, 9.17) is 0 Å². The minimum absolute atomic E-state index is 0.0142. The molecule has 1 saturated heterocycles. The summed E-state index contributed by atoms with van der Waals surface area (Å²) >= 11 is 0. The average molecular weight is 308 g/mol. The monoisotopic (exact) mass is 308 g/mol. The van der Waals surface area contributed by atoms with Crippen LogP contribution in [0.1, 0.15) is 22.5 Å². The lowest BCUT2D eigenvalue weighted by molar-refractivity contribution is 0.0941. The summed E-state index contributed by atoms with van der Waals surface area (Å²) < 4.78 is 24.5. The zero-order chi connectivity index (χ0) is 15.2. The third kappa shape index (κ3) is 2.63. The summed E-state index contributed by atoms with van der Waals surface area (Å²) in [5.74, 6) is -0.146. The number of rotatable bonds is 2. The van der Waals surface area contributed by atoms with Gasteiger partial charge in [0.1, 0.15) is 0 Å². The van der Waals surface area contributed by atoms with Gasteiger partial charge in [-0.15, -0.1) is 0 Å². The van der Waals surface area contributed by atoms with Crippen molar-refractivity contribution in [2.75, 3.05) is 11.5 Å². The molecule has 1 fully saturated rings. The lowest BCUT2D eigenvalue weighted by Crippen LogP contribution is -2.35. The van der Waals surface area contributed by atoms with E-state index in [1.165, 1.54) is 6.20 Å². The van der Waals surface area contributed by atoms with Crippen LogP contribution in [0.5, 0.6) is 0 Å². The summed E-state index contributed by atoms with van der Waals surface area (Å²) in [5.41, 5.74) is 1.94. The van der Waals surface area contributed by atoms with Gasteiger partial charge < -0.3 is 5.32 Å². The summed E-state index contributed by atoms with van der Waals surface area (Å²) in [4.78, 5) is 16.4. The number of sulfone groups is 1. The molecule has 1 aliphatic rings. The van der Waals surface area contributed by atoms with Crippen molar-refractivity contribution < 1.29 is 13.2 Å². The van der Waals surface area contributed by atoms with E-state index in [2.05, 4.69) is 15.4 Å². The number of hydrogen-bond acceptors (Lipinski definition) is 5. The van der Waals surface area contributed by atoms with Crippen molar-refractivity contribution in [3.63, 3.8) is 0 Å². The van der Waals surface area contributed by atoms with Crippen LogP contribution in [-0.4, -0.2) is 46.6 Å². The Morgan fingerprint density at radius 1 is 1.48 bits per heavy atom. The topological polar surface area (TPSA) is 93.9 Å². The number of aromatic nitrogens is 3. The van der Waals surface area contributed by atoms with Crippen molar-refractivity contribution in [2.24, 2.45) is 7.05 Å². The Bertz CT molecular complexity index is 825. The lowest BCUT2D eigenvalue weighted by Gasteiger charge is -2.10. The van der Waals surface area contributed by atoms with Gasteiger partial charge in [0.25, 0.3) is 5.91 Å². The van der Waals surface area contributed by atoms with Gasteiger partial charge in [0.2, 0.25) is 0 Å².